The number of para-hydroxylation sites is 1. The molecule has 156 valence electrons. The van der Waals surface area contributed by atoms with E-state index in [1.165, 1.54) is 9.58 Å². The molecule has 0 bridgehead atoms. The van der Waals surface area contributed by atoms with Gasteiger partial charge in [0.25, 0.3) is 5.56 Å². The molecule has 2 heterocycles. The molecule has 0 radical (unpaired) electrons. The van der Waals surface area contributed by atoms with Crippen LogP contribution in [0.15, 0.2) is 47.3 Å². The maximum absolute atomic E-state index is 12.9. The zero-order valence-corrected chi connectivity index (χ0v) is 17.0. The maximum atomic E-state index is 12.9. The first-order valence-corrected chi connectivity index (χ1v) is 10.0. The van der Waals surface area contributed by atoms with Gasteiger partial charge in [0.2, 0.25) is 17.7 Å². The maximum Gasteiger partial charge on any atom is 0.295 e. The second-order valence-corrected chi connectivity index (χ2v) is 7.72. The number of hydrogen-bond acceptors (Lipinski definition) is 4. The summed E-state index contributed by atoms with van der Waals surface area (Å²) in [6, 6.07) is 9.15. The Morgan fingerprint density at radius 3 is 2.23 bits per heavy atom. The molecule has 1 saturated heterocycles. The van der Waals surface area contributed by atoms with Crippen LogP contribution in [0.1, 0.15) is 25.0 Å². The van der Waals surface area contributed by atoms with Gasteiger partial charge in [-0.1, -0.05) is 30.4 Å². The fourth-order valence-electron chi connectivity index (χ4n) is 4.22. The number of anilines is 1. The third-order valence-corrected chi connectivity index (χ3v) is 5.98. The van der Waals surface area contributed by atoms with Crippen LogP contribution in [0.2, 0.25) is 0 Å². The quantitative estimate of drug-likeness (QED) is 0.603. The lowest BCUT2D eigenvalue weighted by Crippen LogP contribution is -2.34. The van der Waals surface area contributed by atoms with Crippen LogP contribution in [0.4, 0.5) is 5.69 Å². The van der Waals surface area contributed by atoms with E-state index in [-0.39, 0.29) is 47.9 Å². The molecule has 30 heavy (non-hydrogen) atoms. The summed E-state index contributed by atoms with van der Waals surface area (Å²) >= 11 is 0. The van der Waals surface area contributed by atoms with Gasteiger partial charge in [0.15, 0.2) is 0 Å². The number of nitrogens with zero attached hydrogens (tertiary/aromatic N) is 3. The van der Waals surface area contributed by atoms with Crippen molar-refractivity contribution in [1.29, 1.82) is 0 Å². The van der Waals surface area contributed by atoms with Gasteiger partial charge >= 0.3 is 0 Å². The summed E-state index contributed by atoms with van der Waals surface area (Å²) in [5, 5.41) is 2.67. The van der Waals surface area contributed by atoms with Crippen molar-refractivity contribution in [1.82, 2.24) is 14.3 Å². The highest BCUT2D eigenvalue weighted by Crippen LogP contribution is 2.35. The van der Waals surface area contributed by atoms with Gasteiger partial charge in [-0.25, -0.2) is 4.68 Å². The minimum absolute atomic E-state index is 0.0231. The second kappa shape index (κ2) is 7.78. The molecule has 4 rings (SSSR count). The van der Waals surface area contributed by atoms with Crippen LogP contribution in [-0.4, -0.2) is 38.5 Å². The summed E-state index contributed by atoms with van der Waals surface area (Å²) in [6.07, 6.45) is 4.95. The number of hydrogen-bond donors (Lipinski definition) is 1. The molecule has 2 aliphatic rings. The lowest BCUT2D eigenvalue weighted by Gasteiger charge is -2.14. The Bertz CT molecular complexity index is 1070. The fraction of sp³-hybridized carbons (Fsp3) is 0.364. The van der Waals surface area contributed by atoms with E-state index in [4.69, 9.17) is 0 Å². The second-order valence-electron chi connectivity index (χ2n) is 7.72. The average Bonchev–Trinajstić information content (AvgIpc) is 3.12. The van der Waals surface area contributed by atoms with Crippen LogP contribution in [0, 0.1) is 18.8 Å². The number of nitrogens with one attached hydrogen (secondary N) is 1. The number of fused-ring (bicyclic) bond motifs is 1. The van der Waals surface area contributed by atoms with Crippen LogP contribution >= 0.6 is 0 Å². The first-order valence-electron chi connectivity index (χ1n) is 10.0. The summed E-state index contributed by atoms with van der Waals surface area (Å²) in [5.41, 5.74) is 1.17. The molecule has 2 atom stereocenters. The fourth-order valence-corrected chi connectivity index (χ4v) is 4.22. The molecule has 1 aliphatic heterocycles. The molecule has 3 amide bonds. The van der Waals surface area contributed by atoms with Gasteiger partial charge < -0.3 is 5.32 Å². The minimum Gasteiger partial charge on any atom is -0.320 e. The highest BCUT2D eigenvalue weighted by molar-refractivity contribution is 6.05. The highest BCUT2D eigenvalue weighted by Gasteiger charge is 2.46. The molecule has 2 aromatic rings. The van der Waals surface area contributed by atoms with Crippen molar-refractivity contribution in [2.45, 2.75) is 26.2 Å². The Morgan fingerprint density at radius 2 is 1.63 bits per heavy atom. The molecule has 1 fully saturated rings. The molecule has 1 aromatic heterocycles. The first-order chi connectivity index (χ1) is 14.4. The number of aromatic nitrogens is 2. The average molecular weight is 408 g/mol. The SMILES string of the molecule is Cc1c(NC(=O)CCN2C(=O)[C@H]3CC=CC[C@@H]3C2=O)c(=O)n(-c2ccccc2)n1C. The zero-order valence-electron chi connectivity index (χ0n) is 17.0. The number of carbonyl (C=O) groups is 3. The standard InChI is InChI=1S/C22H24N4O4/c1-14-19(22(30)26(24(14)2)15-8-4-3-5-9-15)23-18(27)12-13-25-20(28)16-10-6-7-11-17(16)21(25)29/h3-9,16-17H,10-13H2,1-2H3,(H,23,27)/t16-,17-/m0/s1. The molecule has 0 saturated carbocycles. The molecular formula is C22H24N4O4. The molecular weight excluding hydrogens is 384 g/mol. The van der Waals surface area contributed by atoms with E-state index >= 15 is 0 Å². The van der Waals surface area contributed by atoms with Crippen molar-refractivity contribution in [3.05, 3.63) is 58.5 Å². The van der Waals surface area contributed by atoms with Crippen molar-refractivity contribution in [2.75, 3.05) is 11.9 Å². The number of amides is 3. The van der Waals surface area contributed by atoms with Crippen molar-refractivity contribution in [2.24, 2.45) is 18.9 Å². The Kier molecular flexibility index (Phi) is 5.15. The Morgan fingerprint density at radius 1 is 1.03 bits per heavy atom. The lowest BCUT2D eigenvalue weighted by atomic mass is 9.85. The third kappa shape index (κ3) is 3.28. The van der Waals surface area contributed by atoms with E-state index in [0.29, 0.717) is 24.2 Å². The number of rotatable bonds is 5. The summed E-state index contributed by atoms with van der Waals surface area (Å²) in [6.45, 7) is 1.77. The summed E-state index contributed by atoms with van der Waals surface area (Å²) in [7, 11) is 1.75. The zero-order chi connectivity index (χ0) is 21.4. The lowest BCUT2D eigenvalue weighted by molar-refractivity contribution is -0.140. The minimum atomic E-state index is -0.408. The van der Waals surface area contributed by atoms with Crippen molar-refractivity contribution >= 4 is 23.4 Å². The van der Waals surface area contributed by atoms with Gasteiger partial charge in [-0.05, 0) is 31.9 Å². The van der Waals surface area contributed by atoms with Gasteiger partial charge in [0, 0.05) is 20.0 Å². The van der Waals surface area contributed by atoms with Crippen LogP contribution < -0.4 is 10.9 Å². The first kappa shape index (κ1) is 19.9. The van der Waals surface area contributed by atoms with Crippen molar-refractivity contribution in [3.8, 4) is 5.69 Å². The molecule has 0 unspecified atom stereocenters. The Labute approximate surface area is 173 Å². The Balaban J connectivity index is 1.46. The van der Waals surface area contributed by atoms with E-state index < -0.39 is 5.91 Å². The molecule has 1 N–H and O–H groups in total. The number of likely N-dealkylation sites (tertiary alicyclic amines) is 1. The summed E-state index contributed by atoms with van der Waals surface area (Å²) < 4.78 is 3.16. The van der Waals surface area contributed by atoms with Crippen molar-refractivity contribution in [3.63, 3.8) is 0 Å². The van der Waals surface area contributed by atoms with Gasteiger partial charge in [-0.3, -0.25) is 28.8 Å². The topological polar surface area (TPSA) is 93.4 Å². The van der Waals surface area contributed by atoms with E-state index in [9.17, 15) is 19.2 Å². The van der Waals surface area contributed by atoms with Gasteiger partial charge in [-0.15, -0.1) is 0 Å². The van der Waals surface area contributed by atoms with E-state index in [1.54, 1.807) is 18.7 Å². The number of imide groups is 1. The highest BCUT2D eigenvalue weighted by atomic mass is 16.2. The number of benzene rings is 1. The predicted molar refractivity (Wildman–Crippen MR) is 111 cm³/mol. The smallest absolute Gasteiger partial charge is 0.295 e. The van der Waals surface area contributed by atoms with Crippen LogP contribution in [0.5, 0.6) is 0 Å². The largest absolute Gasteiger partial charge is 0.320 e. The van der Waals surface area contributed by atoms with E-state index in [0.717, 1.165) is 0 Å². The number of allylic oxidation sites excluding steroid dienone is 2. The van der Waals surface area contributed by atoms with E-state index in [2.05, 4.69) is 5.32 Å². The summed E-state index contributed by atoms with van der Waals surface area (Å²) in [5.74, 6) is -1.43. The van der Waals surface area contributed by atoms with Gasteiger partial charge in [0.05, 0.1) is 23.2 Å². The molecule has 0 spiro atoms. The van der Waals surface area contributed by atoms with Crippen LogP contribution in [-0.2, 0) is 21.4 Å². The van der Waals surface area contributed by atoms with Crippen LogP contribution in [0.3, 0.4) is 0 Å². The summed E-state index contributed by atoms with van der Waals surface area (Å²) in [4.78, 5) is 51.6. The molecule has 1 aliphatic carbocycles. The molecule has 8 heteroatoms. The predicted octanol–water partition coefficient (Wildman–Crippen LogP) is 1.76. The monoisotopic (exact) mass is 408 g/mol. The van der Waals surface area contributed by atoms with Gasteiger partial charge in [-0.2, -0.15) is 0 Å². The van der Waals surface area contributed by atoms with Gasteiger partial charge in [0.1, 0.15) is 5.69 Å². The van der Waals surface area contributed by atoms with Crippen LogP contribution in [0.25, 0.3) is 5.69 Å². The van der Waals surface area contributed by atoms with E-state index in [1.807, 2.05) is 42.5 Å². The third-order valence-electron chi connectivity index (χ3n) is 5.98. The molecule has 8 nitrogen and oxygen atoms in total. The Hall–Kier alpha value is -3.42. The normalized spacial score (nSPS) is 20.5. The molecule has 1 aromatic carbocycles. The number of carbonyl (C=O) groups excluding carboxylic acids is 3. The van der Waals surface area contributed by atoms with Crippen molar-refractivity contribution < 1.29 is 14.4 Å².